The Hall–Kier alpha value is -2.38. The minimum Gasteiger partial charge on any atom is -0.492 e. The maximum atomic E-state index is 12.7. The molecule has 2 amide bonds. The van der Waals surface area contributed by atoms with Gasteiger partial charge in [-0.3, -0.25) is 9.59 Å². The predicted molar refractivity (Wildman–Crippen MR) is 102 cm³/mol. The number of fused-ring (bicyclic) bond motifs is 1. The number of hydrogen-bond acceptors (Lipinski definition) is 4. The molecule has 5 N–H and O–H groups in total. The van der Waals surface area contributed by atoms with Gasteiger partial charge in [-0.15, -0.1) is 0 Å². The average molecular weight is 418 g/mol. The summed E-state index contributed by atoms with van der Waals surface area (Å²) >= 11 is 3.37. The highest BCUT2D eigenvalue weighted by molar-refractivity contribution is 9.10. The lowest BCUT2D eigenvalue weighted by atomic mass is 9.97. The summed E-state index contributed by atoms with van der Waals surface area (Å²) in [6, 6.07) is 11.8. The Balaban J connectivity index is 1.80. The second-order valence-corrected chi connectivity index (χ2v) is 7.14. The van der Waals surface area contributed by atoms with E-state index in [0.717, 1.165) is 15.6 Å². The van der Waals surface area contributed by atoms with Gasteiger partial charge >= 0.3 is 0 Å². The summed E-state index contributed by atoms with van der Waals surface area (Å²) in [6.45, 7) is 0.455. The zero-order valence-electron chi connectivity index (χ0n) is 14.1. The van der Waals surface area contributed by atoms with Crippen molar-refractivity contribution < 1.29 is 14.3 Å². The van der Waals surface area contributed by atoms with E-state index in [-0.39, 0.29) is 6.04 Å². The van der Waals surface area contributed by atoms with Crippen LogP contribution < -0.4 is 21.5 Å². The first-order valence-electron chi connectivity index (χ1n) is 8.31. The van der Waals surface area contributed by atoms with Gasteiger partial charge < -0.3 is 21.5 Å². The lowest BCUT2D eigenvalue weighted by Gasteiger charge is -2.25. The fraction of sp³-hybridized carbons (Fsp3) is 0.263. The van der Waals surface area contributed by atoms with Crippen LogP contribution in [0.3, 0.4) is 0 Å². The van der Waals surface area contributed by atoms with Crippen molar-refractivity contribution in [3.05, 3.63) is 63.6 Å². The summed E-state index contributed by atoms with van der Waals surface area (Å²) < 4.78 is 6.59. The maximum absolute atomic E-state index is 12.7. The third-order valence-electron chi connectivity index (χ3n) is 4.37. The SMILES string of the molecule is NC(=O)[C@H](Cc1ccc(Br)cc1)NC(=O)c1cccc2c1OCC[C@@H]2N. The van der Waals surface area contributed by atoms with Gasteiger partial charge in [0, 0.05) is 28.9 Å². The molecule has 7 heteroatoms. The van der Waals surface area contributed by atoms with E-state index in [4.69, 9.17) is 16.2 Å². The number of ether oxygens (including phenoxy) is 1. The molecule has 2 atom stereocenters. The molecule has 0 spiro atoms. The van der Waals surface area contributed by atoms with Crippen LogP contribution in [0.5, 0.6) is 5.75 Å². The van der Waals surface area contributed by atoms with E-state index in [2.05, 4.69) is 21.2 Å². The van der Waals surface area contributed by atoms with Crippen LogP contribution in [-0.4, -0.2) is 24.5 Å². The third-order valence-corrected chi connectivity index (χ3v) is 4.90. The highest BCUT2D eigenvalue weighted by Crippen LogP contribution is 2.33. The zero-order chi connectivity index (χ0) is 18.7. The molecule has 1 aliphatic heterocycles. The Morgan fingerprint density at radius 2 is 1.96 bits per heavy atom. The molecule has 0 saturated carbocycles. The first-order chi connectivity index (χ1) is 12.5. The number of nitrogens with two attached hydrogens (primary N) is 2. The summed E-state index contributed by atoms with van der Waals surface area (Å²) in [5.41, 5.74) is 13.6. The first-order valence-corrected chi connectivity index (χ1v) is 9.11. The molecule has 2 aromatic carbocycles. The van der Waals surface area contributed by atoms with E-state index in [1.165, 1.54) is 0 Å². The van der Waals surface area contributed by atoms with Gasteiger partial charge in [-0.05, 0) is 23.8 Å². The lowest BCUT2D eigenvalue weighted by Crippen LogP contribution is -2.46. The van der Waals surface area contributed by atoms with Crippen molar-refractivity contribution in [2.75, 3.05) is 6.61 Å². The molecule has 0 radical (unpaired) electrons. The van der Waals surface area contributed by atoms with Crippen molar-refractivity contribution in [2.45, 2.75) is 24.9 Å². The van der Waals surface area contributed by atoms with Gasteiger partial charge in [-0.1, -0.05) is 40.2 Å². The van der Waals surface area contributed by atoms with E-state index < -0.39 is 17.9 Å². The average Bonchev–Trinajstić information content (AvgIpc) is 2.62. The molecule has 0 bridgehead atoms. The standard InChI is InChI=1S/C19H20BrN3O3/c20-12-6-4-11(5-7-12)10-16(18(22)24)23-19(25)14-3-1-2-13-15(21)8-9-26-17(13)14/h1-7,15-16H,8-10,21H2,(H2,22,24)(H,23,25)/t15-,16-/m0/s1. The number of amides is 2. The van der Waals surface area contributed by atoms with Gasteiger partial charge in [0.25, 0.3) is 5.91 Å². The van der Waals surface area contributed by atoms with Crippen molar-refractivity contribution in [1.29, 1.82) is 0 Å². The molecule has 0 unspecified atom stereocenters. The fourth-order valence-electron chi connectivity index (χ4n) is 2.95. The van der Waals surface area contributed by atoms with Crippen molar-refractivity contribution in [2.24, 2.45) is 11.5 Å². The molecular formula is C19H20BrN3O3. The molecular weight excluding hydrogens is 398 g/mol. The topological polar surface area (TPSA) is 107 Å². The molecule has 1 heterocycles. The van der Waals surface area contributed by atoms with Crippen LogP contribution in [-0.2, 0) is 11.2 Å². The van der Waals surface area contributed by atoms with Gasteiger partial charge in [0.05, 0.1) is 12.2 Å². The van der Waals surface area contributed by atoms with E-state index in [9.17, 15) is 9.59 Å². The van der Waals surface area contributed by atoms with Crippen LogP contribution in [0, 0.1) is 0 Å². The number of halogens is 1. The second-order valence-electron chi connectivity index (χ2n) is 6.23. The number of rotatable bonds is 5. The Morgan fingerprint density at radius 1 is 1.23 bits per heavy atom. The molecule has 1 aliphatic rings. The summed E-state index contributed by atoms with van der Waals surface area (Å²) in [5.74, 6) is -0.517. The quantitative estimate of drug-likeness (QED) is 0.691. The van der Waals surface area contributed by atoms with Crippen molar-refractivity contribution in [1.82, 2.24) is 5.32 Å². The van der Waals surface area contributed by atoms with Crippen LogP contribution in [0.2, 0.25) is 0 Å². The van der Waals surface area contributed by atoms with Crippen LogP contribution in [0.15, 0.2) is 46.9 Å². The van der Waals surface area contributed by atoms with E-state index in [1.807, 2.05) is 30.3 Å². The summed E-state index contributed by atoms with van der Waals surface area (Å²) in [7, 11) is 0. The van der Waals surface area contributed by atoms with Crippen molar-refractivity contribution >= 4 is 27.7 Å². The molecule has 6 nitrogen and oxygen atoms in total. The van der Waals surface area contributed by atoms with Crippen LogP contribution >= 0.6 is 15.9 Å². The second kappa shape index (κ2) is 7.88. The first kappa shape index (κ1) is 18.4. The highest BCUT2D eigenvalue weighted by atomic mass is 79.9. The number of carbonyl (C=O) groups is 2. The van der Waals surface area contributed by atoms with Gasteiger partial charge in [-0.25, -0.2) is 0 Å². The number of carbonyl (C=O) groups excluding carboxylic acids is 2. The maximum Gasteiger partial charge on any atom is 0.255 e. The van der Waals surface area contributed by atoms with Gasteiger partial charge in [-0.2, -0.15) is 0 Å². The van der Waals surface area contributed by atoms with E-state index >= 15 is 0 Å². The normalized spacial score (nSPS) is 16.9. The molecule has 0 fully saturated rings. The minimum absolute atomic E-state index is 0.166. The number of benzene rings is 2. The summed E-state index contributed by atoms with van der Waals surface area (Å²) in [5, 5.41) is 2.71. The van der Waals surface area contributed by atoms with E-state index in [0.29, 0.717) is 30.8 Å². The summed E-state index contributed by atoms with van der Waals surface area (Å²) in [6.07, 6.45) is 1.01. The van der Waals surface area contributed by atoms with Crippen molar-refractivity contribution in [3.63, 3.8) is 0 Å². The zero-order valence-corrected chi connectivity index (χ0v) is 15.7. The van der Waals surface area contributed by atoms with Crippen molar-refractivity contribution in [3.8, 4) is 5.75 Å². The monoisotopic (exact) mass is 417 g/mol. The van der Waals surface area contributed by atoms with Crippen LogP contribution in [0.4, 0.5) is 0 Å². The van der Waals surface area contributed by atoms with Gasteiger partial charge in [0.2, 0.25) is 5.91 Å². The third kappa shape index (κ3) is 4.05. The number of primary amides is 1. The van der Waals surface area contributed by atoms with Gasteiger partial charge in [0.15, 0.2) is 0 Å². The lowest BCUT2D eigenvalue weighted by molar-refractivity contribution is -0.119. The number of hydrogen-bond donors (Lipinski definition) is 3. The smallest absolute Gasteiger partial charge is 0.255 e. The number of para-hydroxylation sites is 1. The highest BCUT2D eigenvalue weighted by Gasteiger charge is 2.26. The molecule has 0 aromatic heterocycles. The Labute approximate surface area is 160 Å². The molecule has 0 saturated heterocycles. The molecule has 3 rings (SSSR count). The Bertz CT molecular complexity index is 823. The number of nitrogens with one attached hydrogen (secondary N) is 1. The summed E-state index contributed by atoms with van der Waals surface area (Å²) in [4.78, 5) is 24.6. The van der Waals surface area contributed by atoms with Crippen LogP contribution in [0.1, 0.15) is 33.9 Å². The largest absolute Gasteiger partial charge is 0.492 e. The molecule has 136 valence electrons. The molecule has 26 heavy (non-hydrogen) atoms. The molecule has 2 aromatic rings. The van der Waals surface area contributed by atoms with Gasteiger partial charge in [0.1, 0.15) is 11.8 Å². The minimum atomic E-state index is -0.822. The molecule has 0 aliphatic carbocycles. The Kier molecular flexibility index (Phi) is 5.58. The van der Waals surface area contributed by atoms with E-state index in [1.54, 1.807) is 12.1 Å². The fourth-order valence-corrected chi connectivity index (χ4v) is 3.21. The van der Waals surface area contributed by atoms with Crippen LogP contribution in [0.25, 0.3) is 0 Å². The predicted octanol–water partition coefficient (Wildman–Crippen LogP) is 2.06. The Morgan fingerprint density at radius 3 is 2.65 bits per heavy atom.